The predicted molar refractivity (Wildman–Crippen MR) is 137 cm³/mol. The van der Waals surface area contributed by atoms with Crippen LogP contribution in [0, 0.1) is 12.8 Å². The van der Waals surface area contributed by atoms with Crippen molar-refractivity contribution in [1.82, 2.24) is 14.6 Å². The Morgan fingerprint density at radius 1 is 1.25 bits per heavy atom. The monoisotopic (exact) mass is 535 g/mol. The Balaban J connectivity index is 1.74. The smallest absolute Gasteiger partial charge is 0.318 e. The SMILES string of the molecule is CCOC(=O)C(C)(C)c1nn2c(-c3ccc(OC)c(S(=O)(=O)CC4CCC(O)CC4)c3)c(C)nc2s1. The maximum absolute atomic E-state index is 13.5. The molecule has 1 aliphatic carbocycles. The van der Waals surface area contributed by atoms with Crippen LogP contribution in [0.3, 0.4) is 0 Å². The number of nitrogens with zero attached hydrogens (tertiary/aromatic N) is 3. The number of carbonyl (C=O) groups excluding carboxylic acids is 1. The van der Waals surface area contributed by atoms with Crippen LogP contribution in [0.5, 0.6) is 5.75 Å². The number of aryl methyl sites for hydroxylation is 1. The first-order chi connectivity index (χ1) is 17.0. The number of hydrogen-bond acceptors (Lipinski definition) is 9. The second-order valence-electron chi connectivity index (χ2n) is 9.81. The van der Waals surface area contributed by atoms with Gasteiger partial charge in [-0.15, -0.1) is 0 Å². The Morgan fingerprint density at radius 3 is 2.58 bits per heavy atom. The van der Waals surface area contributed by atoms with Crippen molar-refractivity contribution in [2.75, 3.05) is 19.5 Å². The molecular formula is C25H33N3O6S2. The van der Waals surface area contributed by atoms with Gasteiger partial charge in [0.1, 0.15) is 21.1 Å². The first-order valence-corrected chi connectivity index (χ1v) is 14.6. The van der Waals surface area contributed by atoms with E-state index in [4.69, 9.17) is 9.47 Å². The molecule has 11 heteroatoms. The number of carbonyl (C=O) groups is 1. The van der Waals surface area contributed by atoms with Crippen molar-refractivity contribution in [1.29, 1.82) is 0 Å². The van der Waals surface area contributed by atoms with Gasteiger partial charge in [-0.3, -0.25) is 4.79 Å². The van der Waals surface area contributed by atoms with Crippen molar-refractivity contribution in [2.45, 2.75) is 69.8 Å². The van der Waals surface area contributed by atoms with E-state index in [0.29, 0.717) is 52.6 Å². The number of aromatic nitrogens is 3. The normalized spacial score (nSPS) is 18.9. The molecule has 0 saturated heterocycles. The average Bonchev–Trinajstić information content (AvgIpc) is 3.37. The van der Waals surface area contributed by atoms with Crippen LogP contribution in [0.2, 0.25) is 0 Å². The highest BCUT2D eigenvalue weighted by Gasteiger charge is 2.36. The summed E-state index contributed by atoms with van der Waals surface area (Å²) in [4.78, 5) is 17.9. The summed E-state index contributed by atoms with van der Waals surface area (Å²) in [5.74, 6) is -0.0697. The minimum absolute atomic E-state index is 0.00128. The number of fused-ring (bicyclic) bond motifs is 1. The van der Waals surface area contributed by atoms with E-state index in [-0.39, 0.29) is 41.0 Å². The molecule has 196 valence electrons. The third kappa shape index (κ3) is 5.01. The van der Waals surface area contributed by atoms with Gasteiger partial charge < -0.3 is 14.6 Å². The Hall–Kier alpha value is -2.50. The Labute approximate surface area is 215 Å². The zero-order chi connectivity index (χ0) is 26.3. The minimum atomic E-state index is -3.65. The van der Waals surface area contributed by atoms with E-state index in [0.717, 1.165) is 0 Å². The fourth-order valence-electron chi connectivity index (χ4n) is 4.61. The van der Waals surface area contributed by atoms with Crippen molar-refractivity contribution in [3.05, 3.63) is 28.9 Å². The summed E-state index contributed by atoms with van der Waals surface area (Å²) < 4.78 is 39.3. The molecule has 0 aliphatic heterocycles. The standard InChI is InChI=1S/C25H33N3O6S2/c1-6-34-23(30)25(3,4)22-27-28-21(15(2)26-24(28)35-22)17-9-12-19(33-5)20(13-17)36(31,32)14-16-7-10-18(29)11-8-16/h9,12-13,16,18,29H,6-8,10-11,14H2,1-5H3. The van der Waals surface area contributed by atoms with Crippen LogP contribution >= 0.6 is 11.3 Å². The summed E-state index contributed by atoms with van der Waals surface area (Å²) in [7, 11) is -2.19. The molecule has 2 heterocycles. The third-order valence-corrected chi connectivity index (χ3v) is 9.87. The average molecular weight is 536 g/mol. The highest BCUT2D eigenvalue weighted by Crippen LogP contribution is 2.37. The van der Waals surface area contributed by atoms with E-state index < -0.39 is 15.3 Å². The fraction of sp³-hybridized carbons (Fsp3) is 0.560. The van der Waals surface area contributed by atoms with Crippen molar-refractivity contribution < 1.29 is 27.8 Å². The van der Waals surface area contributed by atoms with Crippen molar-refractivity contribution in [3.8, 4) is 17.0 Å². The molecule has 36 heavy (non-hydrogen) atoms. The van der Waals surface area contributed by atoms with Gasteiger partial charge in [0.05, 0.1) is 37.0 Å². The van der Waals surface area contributed by atoms with Crippen LogP contribution in [0.15, 0.2) is 23.1 Å². The van der Waals surface area contributed by atoms with Gasteiger partial charge in [-0.25, -0.2) is 17.9 Å². The van der Waals surface area contributed by atoms with E-state index in [2.05, 4.69) is 10.1 Å². The minimum Gasteiger partial charge on any atom is -0.495 e. The van der Waals surface area contributed by atoms with Gasteiger partial charge in [-0.1, -0.05) is 11.3 Å². The van der Waals surface area contributed by atoms with Crippen LogP contribution in [-0.2, 0) is 24.8 Å². The van der Waals surface area contributed by atoms with Crippen LogP contribution in [-0.4, -0.2) is 59.7 Å². The summed E-state index contributed by atoms with van der Waals surface area (Å²) in [6.07, 6.45) is 2.27. The fourth-order valence-corrected chi connectivity index (χ4v) is 7.54. The lowest BCUT2D eigenvalue weighted by molar-refractivity contribution is -0.148. The maximum atomic E-state index is 13.5. The zero-order valence-electron chi connectivity index (χ0n) is 21.3. The van der Waals surface area contributed by atoms with Crippen LogP contribution in [0.4, 0.5) is 0 Å². The molecule has 1 N–H and O–H groups in total. The van der Waals surface area contributed by atoms with E-state index in [1.807, 2.05) is 6.92 Å². The van der Waals surface area contributed by atoms with Crippen LogP contribution in [0.25, 0.3) is 16.2 Å². The Morgan fingerprint density at radius 2 is 1.94 bits per heavy atom. The maximum Gasteiger partial charge on any atom is 0.318 e. The second kappa shape index (κ2) is 10.1. The molecule has 0 radical (unpaired) electrons. The van der Waals surface area contributed by atoms with Gasteiger partial charge >= 0.3 is 5.97 Å². The summed E-state index contributed by atoms with van der Waals surface area (Å²) in [5, 5.41) is 15.0. The molecule has 4 rings (SSSR count). The van der Waals surface area contributed by atoms with Crippen molar-refractivity contribution in [3.63, 3.8) is 0 Å². The highest BCUT2D eigenvalue weighted by atomic mass is 32.2. The lowest BCUT2D eigenvalue weighted by atomic mass is 9.89. The largest absolute Gasteiger partial charge is 0.495 e. The highest BCUT2D eigenvalue weighted by molar-refractivity contribution is 7.91. The summed E-state index contributed by atoms with van der Waals surface area (Å²) in [6, 6.07) is 5.07. The number of benzene rings is 1. The van der Waals surface area contributed by atoms with E-state index in [9.17, 15) is 18.3 Å². The number of aliphatic hydroxyl groups excluding tert-OH is 1. The number of esters is 1. The Bertz CT molecular complexity index is 1370. The molecular weight excluding hydrogens is 502 g/mol. The summed E-state index contributed by atoms with van der Waals surface area (Å²) >= 11 is 1.31. The molecule has 0 unspecified atom stereocenters. The van der Waals surface area contributed by atoms with Gasteiger partial charge in [-0.2, -0.15) is 5.10 Å². The van der Waals surface area contributed by atoms with Gasteiger partial charge in [0.2, 0.25) is 4.96 Å². The number of rotatable bonds is 8. The van der Waals surface area contributed by atoms with Crippen LogP contribution in [0.1, 0.15) is 57.2 Å². The van der Waals surface area contributed by atoms with Gasteiger partial charge in [0, 0.05) is 5.56 Å². The Kier molecular flexibility index (Phi) is 7.45. The molecule has 2 aromatic heterocycles. The number of ether oxygens (including phenoxy) is 2. The van der Waals surface area contributed by atoms with E-state index in [1.54, 1.807) is 43.5 Å². The van der Waals surface area contributed by atoms with E-state index >= 15 is 0 Å². The quantitative estimate of drug-likeness (QED) is 0.431. The van der Waals surface area contributed by atoms with Crippen molar-refractivity contribution >= 4 is 32.1 Å². The first-order valence-electron chi connectivity index (χ1n) is 12.1. The topological polar surface area (TPSA) is 120 Å². The molecule has 3 aromatic rings. The molecule has 1 aromatic carbocycles. The first kappa shape index (κ1) is 26.6. The molecule has 9 nitrogen and oxygen atoms in total. The molecule has 1 saturated carbocycles. The van der Waals surface area contributed by atoms with Crippen LogP contribution < -0.4 is 4.74 Å². The molecule has 0 bridgehead atoms. The molecule has 1 fully saturated rings. The molecule has 0 spiro atoms. The lowest BCUT2D eigenvalue weighted by Crippen LogP contribution is -2.31. The lowest BCUT2D eigenvalue weighted by Gasteiger charge is -2.25. The third-order valence-electron chi connectivity index (χ3n) is 6.74. The number of imidazole rings is 1. The summed E-state index contributed by atoms with van der Waals surface area (Å²) in [6.45, 7) is 7.41. The van der Waals surface area contributed by atoms with Gasteiger partial charge in [-0.05, 0) is 77.5 Å². The molecule has 0 amide bonds. The zero-order valence-corrected chi connectivity index (χ0v) is 22.9. The van der Waals surface area contributed by atoms with Crippen molar-refractivity contribution in [2.24, 2.45) is 5.92 Å². The molecule has 1 aliphatic rings. The predicted octanol–water partition coefficient (Wildman–Crippen LogP) is 3.94. The summed E-state index contributed by atoms with van der Waals surface area (Å²) in [5.41, 5.74) is 1.05. The second-order valence-corrected chi connectivity index (χ2v) is 12.8. The number of sulfone groups is 1. The van der Waals surface area contributed by atoms with Gasteiger partial charge in [0.15, 0.2) is 9.84 Å². The number of methoxy groups -OCH3 is 1. The van der Waals surface area contributed by atoms with Gasteiger partial charge in [0.25, 0.3) is 0 Å². The number of hydrogen-bond donors (Lipinski definition) is 1. The molecule has 0 atom stereocenters. The number of aliphatic hydroxyl groups is 1. The van der Waals surface area contributed by atoms with E-state index in [1.165, 1.54) is 18.4 Å².